The van der Waals surface area contributed by atoms with Crippen LogP contribution in [0.2, 0.25) is 5.02 Å². The van der Waals surface area contributed by atoms with Crippen LogP contribution in [0, 0.1) is 5.92 Å². The summed E-state index contributed by atoms with van der Waals surface area (Å²) in [6.45, 7) is 7.08. The lowest BCUT2D eigenvalue weighted by Crippen LogP contribution is -2.45. The summed E-state index contributed by atoms with van der Waals surface area (Å²) in [5.74, 6) is 0.556. The number of hydrogen-bond acceptors (Lipinski definition) is 3. The fraction of sp³-hybridized carbons (Fsp3) is 0.472. The van der Waals surface area contributed by atoms with E-state index >= 15 is 0 Å². The second kappa shape index (κ2) is 16.9. The van der Waals surface area contributed by atoms with Gasteiger partial charge in [-0.1, -0.05) is 84.4 Å². The average Bonchev–Trinajstić information content (AvgIpc) is 3.03. The molecule has 240 valence electrons. The molecular formula is C36H48Cl3N3O2. The zero-order valence-electron chi connectivity index (χ0n) is 25.8. The number of rotatable bonds is 10. The van der Waals surface area contributed by atoms with Gasteiger partial charge in [-0.25, -0.2) is 4.79 Å². The number of benzene rings is 3. The fourth-order valence-corrected chi connectivity index (χ4v) is 7.33. The summed E-state index contributed by atoms with van der Waals surface area (Å²) in [5.41, 5.74) is 2.89. The zero-order chi connectivity index (χ0) is 29.4. The first-order valence-corrected chi connectivity index (χ1v) is 16.1. The molecule has 0 aliphatic carbocycles. The number of halogens is 3. The summed E-state index contributed by atoms with van der Waals surface area (Å²) >= 11 is 6.09. The molecule has 44 heavy (non-hydrogen) atoms. The van der Waals surface area contributed by atoms with E-state index in [-0.39, 0.29) is 36.3 Å². The second-order valence-electron chi connectivity index (χ2n) is 12.3. The van der Waals surface area contributed by atoms with Gasteiger partial charge in [-0.15, -0.1) is 24.8 Å². The van der Waals surface area contributed by atoms with E-state index in [2.05, 4.69) is 70.9 Å². The molecule has 0 unspecified atom stereocenters. The molecule has 0 radical (unpaired) electrons. The van der Waals surface area contributed by atoms with E-state index < -0.39 is 5.60 Å². The molecule has 0 aromatic heterocycles. The molecule has 0 spiro atoms. The fourth-order valence-electron chi connectivity index (χ4n) is 7.20. The molecule has 2 fully saturated rings. The predicted octanol–water partition coefficient (Wildman–Crippen LogP) is 8.07. The third-order valence-corrected chi connectivity index (χ3v) is 9.91. The summed E-state index contributed by atoms with van der Waals surface area (Å²) in [6.07, 6.45) is 6.78. The topological polar surface area (TPSA) is 55.8 Å². The third kappa shape index (κ3) is 8.70. The Kier molecular flexibility index (Phi) is 13.9. The van der Waals surface area contributed by atoms with Crippen LogP contribution in [0.1, 0.15) is 68.6 Å². The normalized spacial score (nSPS) is 17.3. The maximum atomic E-state index is 12.4. The number of nitrogens with one attached hydrogen (secondary N) is 1. The molecule has 5 rings (SSSR count). The van der Waals surface area contributed by atoms with Crippen LogP contribution in [0.3, 0.4) is 0 Å². The van der Waals surface area contributed by atoms with E-state index in [0.29, 0.717) is 17.5 Å². The Morgan fingerprint density at radius 1 is 0.886 bits per heavy atom. The quantitative estimate of drug-likeness (QED) is 0.231. The van der Waals surface area contributed by atoms with E-state index in [9.17, 15) is 9.90 Å². The Morgan fingerprint density at radius 2 is 1.43 bits per heavy atom. The smallest absolute Gasteiger partial charge is 0.317 e. The first kappa shape index (κ1) is 36.2. The highest BCUT2D eigenvalue weighted by Crippen LogP contribution is 2.44. The average molecular weight is 661 g/mol. The monoisotopic (exact) mass is 659 g/mol. The SMILES string of the molecule is CCNC(=O)N1CCC(CC(CCCN2CCC(O)(c3ccc(Cl)cc3)CC2)(c2ccccc2)c2ccccc2)CC1.Cl.Cl. The predicted molar refractivity (Wildman–Crippen MR) is 186 cm³/mol. The highest BCUT2D eigenvalue weighted by molar-refractivity contribution is 6.30. The first-order valence-electron chi connectivity index (χ1n) is 15.8. The van der Waals surface area contributed by atoms with E-state index in [1.807, 2.05) is 36.1 Å². The summed E-state index contributed by atoms with van der Waals surface area (Å²) in [5, 5.41) is 15.0. The molecule has 0 saturated carbocycles. The van der Waals surface area contributed by atoms with Gasteiger partial charge in [-0.3, -0.25) is 0 Å². The van der Waals surface area contributed by atoms with Gasteiger partial charge in [0.1, 0.15) is 0 Å². The number of nitrogens with zero attached hydrogens (tertiary/aromatic N) is 2. The number of urea groups is 1. The minimum absolute atomic E-state index is 0. The Hall–Kier alpha value is -2.28. The molecule has 2 aliphatic heterocycles. The molecule has 0 bridgehead atoms. The van der Waals surface area contributed by atoms with E-state index in [1.54, 1.807) is 0 Å². The molecule has 0 atom stereocenters. The van der Waals surface area contributed by atoms with Crippen LogP contribution in [-0.4, -0.2) is 60.2 Å². The molecule has 5 nitrogen and oxygen atoms in total. The maximum absolute atomic E-state index is 12.4. The minimum Gasteiger partial charge on any atom is -0.385 e. The van der Waals surface area contributed by atoms with Crippen LogP contribution in [0.5, 0.6) is 0 Å². The Labute approximate surface area is 281 Å². The lowest BCUT2D eigenvalue weighted by molar-refractivity contribution is -0.0263. The van der Waals surface area contributed by atoms with Crippen molar-refractivity contribution in [3.8, 4) is 0 Å². The summed E-state index contributed by atoms with van der Waals surface area (Å²) in [6, 6.07) is 29.9. The first-order chi connectivity index (χ1) is 20.4. The standard InChI is InChI=1S/C36H46ClN3O2.2ClH/c1-2-38-34(41)40-24-18-29(19-25-40)28-35(30-10-5-3-6-11-30,31-12-7-4-8-13-31)20-9-23-39-26-21-36(42,22-27-39)32-14-16-33(37)17-15-32;;/h3-8,10-17,29,42H,2,9,18-28H2,1H3,(H,38,41);2*1H. The van der Waals surface area contributed by atoms with Crippen LogP contribution in [0.25, 0.3) is 0 Å². The van der Waals surface area contributed by atoms with Gasteiger partial charge in [0.05, 0.1) is 5.60 Å². The molecule has 3 aromatic rings. The summed E-state index contributed by atoms with van der Waals surface area (Å²) in [7, 11) is 0. The molecule has 2 N–H and O–H groups in total. The number of aliphatic hydroxyl groups is 1. The number of carbonyl (C=O) groups excluding carboxylic acids is 1. The van der Waals surface area contributed by atoms with Crippen LogP contribution < -0.4 is 5.32 Å². The Morgan fingerprint density at radius 3 is 1.95 bits per heavy atom. The third-order valence-electron chi connectivity index (χ3n) is 9.66. The highest BCUT2D eigenvalue weighted by Gasteiger charge is 2.38. The van der Waals surface area contributed by atoms with Gasteiger partial charge in [-0.2, -0.15) is 0 Å². The van der Waals surface area contributed by atoms with Crippen molar-refractivity contribution in [2.45, 2.75) is 62.9 Å². The van der Waals surface area contributed by atoms with Gasteiger partial charge in [-0.05, 0) is 93.2 Å². The van der Waals surface area contributed by atoms with Crippen LogP contribution in [0.4, 0.5) is 4.79 Å². The second-order valence-corrected chi connectivity index (χ2v) is 12.7. The molecule has 3 aromatic carbocycles. The molecular weight excluding hydrogens is 613 g/mol. The van der Waals surface area contributed by atoms with Gasteiger partial charge >= 0.3 is 6.03 Å². The van der Waals surface area contributed by atoms with Crippen molar-refractivity contribution in [3.05, 3.63) is 107 Å². The lowest BCUT2D eigenvalue weighted by atomic mass is 9.65. The number of amides is 2. The maximum Gasteiger partial charge on any atom is 0.317 e. The zero-order valence-corrected chi connectivity index (χ0v) is 28.2. The lowest BCUT2D eigenvalue weighted by Gasteiger charge is -2.42. The van der Waals surface area contributed by atoms with Crippen molar-refractivity contribution in [1.29, 1.82) is 0 Å². The number of piperidine rings is 2. The number of carbonyl (C=O) groups is 1. The van der Waals surface area contributed by atoms with Crippen molar-refractivity contribution < 1.29 is 9.90 Å². The van der Waals surface area contributed by atoms with Crippen molar-refractivity contribution in [2.75, 3.05) is 39.3 Å². The number of hydrogen-bond donors (Lipinski definition) is 2. The van der Waals surface area contributed by atoms with Gasteiger partial charge in [0.25, 0.3) is 0 Å². The van der Waals surface area contributed by atoms with Crippen molar-refractivity contribution in [3.63, 3.8) is 0 Å². The van der Waals surface area contributed by atoms with E-state index in [1.165, 1.54) is 11.1 Å². The minimum atomic E-state index is -0.776. The van der Waals surface area contributed by atoms with E-state index in [0.717, 1.165) is 83.2 Å². The Bertz CT molecular complexity index is 1220. The highest BCUT2D eigenvalue weighted by atomic mass is 35.5. The van der Waals surface area contributed by atoms with Gasteiger partial charge in [0.2, 0.25) is 0 Å². The Balaban J connectivity index is 0.00000264. The number of likely N-dealkylation sites (tertiary alicyclic amines) is 2. The van der Waals surface area contributed by atoms with Crippen LogP contribution >= 0.6 is 36.4 Å². The molecule has 2 saturated heterocycles. The van der Waals surface area contributed by atoms with Crippen molar-refractivity contribution >= 4 is 42.4 Å². The molecule has 8 heteroatoms. The largest absolute Gasteiger partial charge is 0.385 e. The van der Waals surface area contributed by atoms with E-state index in [4.69, 9.17) is 11.6 Å². The van der Waals surface area contributed by atoms with Gasteiger partial charge in [0.15, 0.2) is 0 Å². The van der Waals surface area contributed by atoms with Crippen molar-refractivity contribution in [1.82, 2.24) is 15.1 Å². The molecule has 2 heterocycles. The van der Waals surface area contributed by atoms with Crippen LogP contribution in [-0.2, 0) is 11.0 Å². The molecule has 2 amide bonds. The van der Waals surface area contributed by atoms with Crippen LogP contribution in [0.15, 0.2) is 84.9 Å². The van der Waals surface area contributed by atoms with Gasteiger partial charge < -0.3 is 20.2 Å². The van der Waals surface area contributed by atoms with Gasteiger partial charge in [0, 0.05) is 43.2 Å². The molecule has 2 aliphatic rings. The summed E-state index contributed by atoms with van der Waals surface area (Å²) in [4.78, 5) is 17.0. The summed E-state index contributed by atoms with van der Waals surface area (Å²) < 4.78 is 0. The van der Waals surface area contributed by atoms with Crippen molar-refractivity contribution in [2.24, 2.45) is 5.92 Å².